The Morgan fingerprint density at radius 2 is 1.95 bits per heavy atom. The molecule has 210 valence electrons. The summed E-state index contributed by atoms with van der Waals surface area (Å²) >= 11 is 7.73. The third kappa shape index (κ3) is 5.77. The SMILES string of the molecule is COc1ccc(C2C(C(=O)Nc3ccc(C)cc3C)=C(C)Nc3nc(SCc4ccccc4Cl)nn32)cc1[N+](=O)[O-]. The Kier molecular flexibility index (Phi) is 8.00. The van der Waals surface area contributed by atoms with Gasteiger partial charge in [-0.1, -0.05) is 65.3 Å². The van der Waals surface area contributed by atoms with Gasteiger partial charge in [-0.25, -0.2) is 4.68 Å². The van der Waals surface area contributed by atoms with E-state index in [0.29, 0.717) is 44.4 Å². The summed E-state index contributed by atoms with van der Waals surface area (Å²) in [5, 5.41) is 23.9. The molecule has 3 aromatic carbocycles. The van der Waals surface area contributed by atoms with Crippen molar-refractivity contribution in [2.24, 2.45) is 0 Å². The maximum absolute atomic E-state index is 13.9. The number of anilines is 2. The van der Waals surface area contributed by atoms with E-state index in [0.717, 1.165) is 16.7 Å². The average Bonchev–Trinajstić information content (AvgIpc) is 3.35. The number of ether oxygens (including phenoxy) is 1. The number of fused-ring (bicyclic) bond motifs is 1. The van der Waals surface area contributed by atoms with Crippen LogP contribution < -0.4 is 15.4 Å². The zero-order valence-corrected chi connectivity index (χ0v) is 24.3. The summed E-state index contributed by atoms with van der Waals surface area (Å²) in [6.45, 7) is 5.68. The van der Waals surface area contributed by atoms with Crippen LogP contribution in [0.3, 0.4) is 0 Å². The summed E-state index contributed by atoms with van der Waals surface area (Å²) < 4.78 is 6.80. The molecule has 1 aromatic heterocycles. The summed E-state index contributed by atoms with van der Waals surface area (Å²) in [7, 11) is 1.37. The molecule has 4 aromatic rings. The van der Waals surface area contributed by atoms with Gasteiger partial charge in [0.15, 0.2) is 5.75 Å². The smallest absolute Gasteiger partial charge is 0.311 e. The van der Waals surface area contributed by atoms with Crippen LogP contribution in [0.1, 0.15) is 35.2 Å². The lowest BCUT2D eigenvalue weighted by molar-refractivity contribution is -0.385. The van der Waals surface area contributed by atoms with Crippen molar-refractivity contribution in [3.05, 3.63) is 109 Å². The standard InChI is InChI=1S/C29H27ClN6O4S/c1-16-9-11-22(17(2)13-16)32-27(37)25-18(3)31-28-33-29(41-15-20-7-5-6-8-21(20)30)34-35(28)26(25)19-10-12-24(40-4)23(14-19)36(38)39/h5-14,26H,15H2,1-4H3,(H,32,37)(H,31,33,34). The highest BCUT2D eigenvalue weighted by Gasteiger charge is 2.36. The van der Waals surface area contributed by atoms with Crippen LogP contribution in [0.2, 0.25) is 5.02 Å². The predicted molar refractivity (Wildman–Crippen MR) is 160 cm³/mol. The van der Waals surface area contributed by atoms with Gasteiger partial charge >= 0.3 is 5.69 Å². The molecule has 5 rings (SSSR count). The van der Waals surface area contributed by atoms with E-state index >= 15 is 0 Å². The summed E-state index contributed by atoms with van der Waals surface area (Å²) in [5.41, 5.74) is 4.77. The number of hydrogen-bond acceptors (Lipinski definition) is 8. The van der Waals surface area contributed by atoms with Crippen molar-refractivity contribution in [3.8, 4) is 5.75 Å². The Morgan fingerprint density at radius 3 is 2.66 bits per heavy atom. The van der Waals surface area contributed by atoms with Crippen molar-refractivity contribution in [2.75, 3.05) is 17.7 Å². The lowest BCUT2D eigenvalue weighted by Gasteiger charge is -2.28. The molecule has 10 nitrogen and oxygen atoms in total. The third-order valence-corrected chi connectivity index (χ3v) is 7.99. The van der Waals surface area contributed by atoms with E-state index in [1.807, 2.05) is 56.3 Å². The number of aryl methyl sites for hydroxylation is 2. The Balaban J connectivity index is 1.56. The second-order valence-corrected chi connectivity index (χ2v) is 10.9. The first-order valence-electron chi connectivity index (χ1n) is 12.7. The maximum Gasteiger partial charge on any atom is 0.311 e. The first-order chi connectivity index (χ1) is 19.7. The first kappa shape index (κ1) is 28.2. The number of nitrogens with one attached hydrogen (secondary N) is 2. The van der Waals surface area contributed by atoms with Gasteiger partial charge in [-0.15, -0.1) is 5.10 Å². The number of benzene rings is 3. The second kappa shape index (κ2) is 11.6. The van der Waals surface area contributed by atoms with Gasteiger partial charge in [-0.2, -0.15) is 4.98 Å². The van der Waals surface area contributed by atoms with E-state index in [9.17, 15) is 14.9 Å². The third-order valence-electron chi connectivity index (χ3n) is 6.74. The molecule has 0 saturated carbocycles. The molecular formula is C29H27ClN6O4S. The first-order valence-corrected chi connectivity index (χ1v) is 14.0. The van der Waals surface area contributed by atoms with E-state index in [4.69, 9.17) is 21.4 Å². The molecule has 1 amide bonds. The highest BCUT2D eigenvalue weighted by atomic mass is 35.5. The Morgan fingerprint density at radius 1 is 1.17 bits per heavy atom. The van der Waals surface area contributed by atoms with Crippen LogP contribution in [0.5, 0.6) is 5.75 Å². The van der Waals surface area contributed by atoms with E-state index in [1.54, 1.807) is 17.7 Å². The number of methoxy groups -OCH3 is 1. The van der Waals surface area contributed by atoms with Gasteiger partial charge in [0.05, 0.1) is 17.6 Å². The normalized spacial score (nSPS) is 14.3. The molecule has 1 unspecified atom stereocenters. The lowest BCUT2D eigenvalue weighted by Crippen LogP contribution is -2.31. The Hall–Kier alpha value is -4.35. The molecule has 12 heteroatoms. The number of allylic oxidation sites excluding steroid dienone is 1. The van der Waals surface area contributed by atoms with Gasteiger partial charge in [0.25, 0.3) is 5.91 Å². The number of nitro groups is 1. The van der Waals surface area contributed by atoms with E-state index in [2.05, 4.69) is 15.6 Å². The van der Waals surface area contributed by atoms with Crippen molar-refractivity contribution in [2.45, 2.75) is 37.7 Å². The zero-order valence-electron chi connectivity index (χ0n) is 22.8. The van der Waals surface area contributed by atoms with Gasteiger partial charge in [0.1, 0.15) is 6.04 Å². The minimum Gasteiger partial charge on any atom is -0.490 e. The largest absolute Gasteiger partial charge is 0.490 e. The van der Waals surface area contributed by atoms with Crippen molar-refractivity contribution in [1.29, 1.82) is 0 Å². The molecule has 41 heavy (non-hydrogen) atoms. The molecule has 1 aliphatic rings. The summed E-state index contributed by atoms with van der Waals surface area (Å²) in [6, 6.07) is 17.1. The van der Waals surface area contributed by atoms with Gasteiger partial charge < -0.3 is 15.4 Å². The van der Waals surface area contributed by atoms with Crippen molar-refractivity contribution < 1.29 is 14.5 Å². The molecule has 0 aliphatic carbocycles. The number of nitrogens with zero attached hydrogens (tertiary/aromatic N) is 4. The topological polar surface area (TPSA) is 124 Å². The average molecular weight is 591 g/mol. The Bertz CT molecular complexity index is 1700. The number of carbonyl (C=O) groups excluding carboxylic acids is 1. The van der Waals surface area contributed by atoms with Gasteiger partial charge in [0, 0.05) is 28.2 Å². The highest BCUT2D eigenvalue weighted by molar-refractivity contribution is 7.98. The lowest BCUT2D eigenvalue weighted by atomic mass is 9.94. The van der Waals surface area contributed by atoms with Crippen LogP contribution in [0.15, 0.2) is 77.1 Å². The number of thioether (sulfide) groups is 1. The van der Waals surface area contributed by atoms with Gasteiger partial charge in [-0.3, -0.25) is 14.9 Å². The van der Waals surface area contributed by atoms with Gasteiger partial charge in [0.2, 0.25) is 11.1 Å². The van der Waals surface area contributed by atoms with Crippen LogP contribution in [0.4, 0.5) is 17.3 Å². The number of nitro benzene ring substituents is 1. The Labute approximate surface area is 245 Å². The van der Waals surface area contributed by atoms with E-state index in [-0.39, 0.29) is 17.3 Å². The fourth-order valence-corrected chi connectivity index (χ4v) is 5.83. The number of aromatic nitrogens is 3. The highest BCUT2D eigenvalue weighted by Crippen LogP contribution is 2.40. The molecule has 1 aliphatic heterocycles. The number of amides is 1. The molecule has 1 atom stereocenters. The molecule has 0 saturated heterocycles. The van der Waals surface area contributed by atoms with Crippen molar-refractivity contribution >= 4 is 46.6 Å². The zero-order chi connectivity index (χ0) is 29.3. The molecule has 2 N–H and O–H groups in total. The molecule has 0 spiro atoms. The second-order valence-electron chi connectivity index (χ2n) is 9.57. The number of rotatable bonds is 8. The van der Waals surface area contributed by atoms with Crippen LogP contribution in [-0.2, 0) is 10.5 Å². The van der Waals surface area contributed by atoms with Crippen LogP contribution in [-0.4, -0.2) is 32.7 Å². The van der Waals surface area contributed by atoms with Crippen LogP contribution in [0, 0.1) is 24.0 Å². The number of carbonyl (C=O) groups is 1. The molecule has 0 fully saturated rings. The fourth-order valence-electron chi connectivity index (χ4n) is 4.72. The quantitative estimate of drug-likeness (QED) is 0.132. The molecule has 2 heterocycles. The summed E-state index contributed by atoms with van der Waals surface area (Å²) in [5.74, 6) is 0.700. The monoisotopic (exact) mass is 590 g/mol. The van der Waals surface area contributed by atoms with Gasteiger partial charge in [-0.05, 0) is 55.7 Å². The summed E-state index contributed by atoms with van der Waals surface area (Å²) in [6.07, 6.45) is 0. The predicted octanol–water partition coefficient (Wildman–Crippen LogP) is 6.69. The minimum atomic E-state index is -0.802. The fraction of sp³-hybridized carbons (Fsp3) is 0.207. The molecular weight excluding hydrogens is 564 g/mol. The maximum atomic E-state index is 13.9. The number of halogens is 1. The molecule has 0 bridgehead atoms. The van der Waals surface area contributed by atoms with E-state index < -0.39 is 11.0 Å². The number of hydrogen-bond donors (Lipinski definition) is 2. The van der Waals surface area contributed by atoms with Crippen LogP contribution in [0.25, 0.3) is 0 Å². The summed E-state index contributed by atoms with van der Waals surface area (Å²) in [4.78, 5) is 29.9. The minimum absolute atomic E-state index is 0.115. The van der Waals surface area contributed by atoms with Crippen molar-refractivity contribution in [1.82, 2.24) is 14.8 Å². The van der Waals surface area contributed by atoms with Crippen molar-refractivity contribution in [3.63, 3.8) is 0 Å². The van der Waals surface area contributed by atoms with E-state index in [1.165, 1.54) is 31.0 Å². The van der Waals surface area contributed by atoms with Crippen LogP contribution >= 0.6 is 23.4 Å². The molecule has 0 radical (unpaired) electrons.